The third-order valence-electron chi connectivity index (χ3n) is 5.29. The molecule has 33 heavy (non-hydrogen) atoms. The van der Waals surface area contributed by atoms with Crippen LogP contribution in [0.3, 0.4) is 0 Å². The monoisotopic (exact) mass is 464 g/mol. The molecular weight excluding hydrogens is 444 g/mol. The first kappa shape index (κ1) is 22.2. The first-order chi connectivity index (χ1) is 15.9. The fourth-order valence-corrected chi connectivity index (χ4v) is 4.75. The average molecular weight is 464 g/mol. The van der Waals surface area contributed by atoms with Crippen LogP contribution in [0.2, 0.25) is 0 Å². The van der Waals surface area contributed by atoms with Gasteiger partial charge in [0.05, 0.1) is 25.5 Å². The number of nitrogens with zero attached hydrogens (tertiary/aromatic N) is 2. The summed E-state index contributed by atoms with van der Waals surface area (Å²) in [7, 11) is 2.73. The molecular formula is C24H20N2O6S. The van der Waals surface area contributed by atoms with E-state index in [1.54, 1.807) is 61.5 Å². The molecule has 9 heteroatoms. The highest BCUT2D eigenvalue weighted by Gasteiger charge is 2.49. The first-order valence-electron chi connectivity index (χ1n) is 9.94. The smallest absolute Gasteiger partial charge is 0.350 e. The van der Waals surface area contributed by atoms with Crippen molar-refractivity contribution in [3.63, 3.8) is 0 Å². The number of amides is 1. The van der Waals surface area contributed by atoms with E-state index in [0.29, 0.717) is 22.6 Å². The van der Waals surface area contributed by atoms with Gasteiger partial charge in [-0.2, -0.15) is 0 Å². The third-order valence-corrected chi connectivity index (χ3v) is 6.42. The fourth-order valence-electron chi connectivity index (χ4n) is 3.74. The van der Waals surface area contributed by atoms with Crippen LogP contribution >= 0.6 is 11.3 Å². The number of aliphatic hydroxyl groups excluding tert-OH is 1. The summed E-state index contributed by atoms with van der Waals surface area (Å²) in [6.45, 7) is 1.62. The molecule has 0 spiro atoms. The lowest BCUT2D eigenvalue weighted by molar-refractivity contribution is -0.132. The zero-order valence-electron chi connectivity index (χ0n) is 18.1. The molecule has 1 amide bonds. The van der Waals surface area contributed by atoms with Crippen molar-refractivity contribution in [2.24, 2.45) is 0 Å². The number of aryl methyl sites for hydroxylation is 1. The largest absolute Gasteiger partial charge is 0.507 e. The van der Waals surface area contributed by atoms with Crippen LogP contribution in [0.4, 0.5) is 5.13 Å². The van der Waals surface area contributed by atoms with Crippen LogP contribution in [0.5, 0.6) is 5.75 Å². The molecule has 1 atom stereocenters. The highest BCUT2D eigenvalue weighted by atomic mass is 32.1. The Balaban J connectivity index is 1.97. The summed E-state index contributed by atoms with van der Waals surface area (Å²) in [4.78, 5) is 44.3. The number of aliphatic hydroxyl groups is 1. The summed E-state index contributed by atoms with van der Waals surface area (Å²) in [5.41, 5.74) is 1.15. The Kier molecular flexibility index (Phi) is 5.97. The Morgan fingerprint density at radius 1 is 1.06 bits per heavy atom. The van der Waals surface area contributed by atoms with E-state index in [1.165, 1.54) is 19.1 Å². The highest BCUT2D eigenvalue weighted by Crippen LogP contribution is 2.46. The Morgan fingerprint density at radius 2 is 1.73 bits per heavy atom. The average Bonchev–Trinajstić information content (AvgIpc) is 3.35. The van der Waals surface area contributed by atoms with Gasteiger partial charge in [0.15, 0.2) is 5.13 Å². The Morgan fingerprint density at radius 3 is 2.39 bits per heavy atom. The number of rotatable bonds is 5. The number of carbonyl (C=O) groups is 3. The van der Waals surface area contributed by atoms with Crippen molar-refractivity contribution in [1.82, 2.24) is 4.98 Å². The van der Waals surface area contributed by atoms with Gasteiger partial charge < -0.3 is 14.6 Å². The summed E-state index contributed by atoms with van der Waals surface area (Å²) in [5, 5.41) is 11.2. The van der Waals surface area contributed by atoms with Gasteiger partial charge in [0.25, 0.3) is 5.78 Å². The minimum absolute atomic E-state index is 0.0943. The number of aromatic nitrogens is 1. The van der Waals surface area contributed by atoms with E-state index in [-0.39, 0.29) is 21.3 Å². The number of carbonyl (C=O) groups excluding carboxylic acids is 3. The third kappa shape index (κ3) is 3.76. The Bertz CT molecular complexity index is 1280. The van der Waals surface area contributed by atoms with Gasteiger partial charge in [-0.25, -0.2) is 9.78 Å². The molecule has 1 saturated heterocycles. The number of anilines is 1. The topological polar surface area (TPSA) is 106 Å². The van der Waals surface area contributed by atoms with E-state index >= 15 is 0 Å². The van der Waals surface area contributed by atoms with Crippen LogP contribution in [0.1, 0.15) is 32.5 Å². The van der Waals surface area contributed by atoms with Gasteiger partial charge in [-0.1, -0.05) is 59.9 Å². The predicted octanol–water partition coefficient (Wildman–Crippen LogP) is 3.87. The zero-order valence-corrected chi connectivity index (χ0v) is 18.9. The molecule has 1 aromatic heterocycles. The number of esters is 1. The quantitative estimate of drug-likeness (QED) is 0.264. The number of ether oxygens (including phenoxy) is 2. The van der Waals surface area contributed by atoms with Gasteiger partial charge in [-0.15, -0.1) is 0 Å². The second-order valence-electron chi connectivity index (χ2n) is 7.18. The second kappa shape index (κ2) is 8.87. The van der Waals surface area contributed by atoms with Crippen LogP contribution in [0, 0.1) is 6.92 Å². The molecule has 0 radical (unpaired) electrons. The number of para-hydroxylation sites is 1. The highest BCUT2D eigenvalue weighted by molar-refractivity contribution is 7.17. The van der Waals surface area contributed by atoms with Crippen LogP contribution in [0.25, 0.3) is 5.76 Å². The molecule has 0 bridgehead atoms. The zero-order chi connectivity index (χ0) is 23.7. The molecule has 1 N–H and O–H groups in total. The molecule has 168 valence electrons. The minimum atomic E-state index is -1.02. The van der Waals surface area contributed by atoms with Crippen molar-refractivity contribution in [3.05, 3.63) is 81.9 Å². The summed E-state index contributed by atoms with van der Waals surface area (Å²) < 4.78 is 10.3. The summed E-state index contributed by atoms with van der Waals surface area (Å²) in [6.07, 6.45) is 0. The standard InChI is InChI=1S/C24H20N2O6S/c1-13-21(23(30)32-3)33-24(25-13)26-18(15-11-7-8-12-16(15)31-2)17(20(28)22(26)29)19(27)14-9-5-4-6-10-14/h4-12,18,27H,1-3H3/t18-/m0/s1. The molecule has 0 saturated carbocycles. The van der Waals surface area contributed by atoms with E-state index in [9.17, 15) is 19.5 Å². The predicted molar refractivity (Wildman–Crippen MR) is 122 cm³/mol. The summed E-state index contributed by atoms with van der Waals surface area (Å²) in [6, 6.07) is 14.4. The molecule has 4 rings (SSSR count). The fraction of sp³-hybridized carbons (Fsp3) is 0.167. The number of ketones is 1. The molecule has 2 heterocycles. The van der Waals surface area contributed by atoms with Gasteiger partial charge in [-0.05, 0) is 13.0 Å². The van der Waals surface area contributed by atoms with Gasteiger partial charge in [0.2, 0.25) is 0 Å². The maximum Gasteiger partial charge on any atom is 0.350 e. The summed E-state index contributed by atoms with van der Waals surface area (Å²) in [5.74, 6) is -2.21. The van der Waals surface area contributed by atoms with E-state index in [4.69, 9.17) is 9.47 Å². The number of benzene rings is 2. The van der Waals surface area contributed by atoms with Crippen LogP contribution in [-0.2, 0) is 14.3 Å². The van der Waals surface area contributed by atoms with Crippen molar-refractivity contribution in [3.8, 4) is 5.75 Å². The Labute approximate surface area is 193 Å². The van der Waals surface area contributed by atoms with Crippen molar-refractivity contribution in [1.29, 1.82) is 0 Å². The second-order valence-corrected chi connectivity index (χ2v) is 8.16. The van der Waals surface area contributed by atoms with E-state index < -0.39 is 23.7 Å². The molecule has 0 unspecified atom stereocenters. The van der Waals surface area contributed by atoms with Crippen molar-refractivity contribution < 1.29 is 29.0 Å². The summed E-state index contributed by atoms with van der Waals surface area (Å²) >= 11 is 0.939. The number of hydrogen-bond donors (Lipinski definition) is 1. The molecule has 0 aliphatic carbocycles. The SMILES string of the molecule is COC(=O)c1sc(N2C(=O)C(=O)C(=C(O)c3ccccc3)[C@@H]2c2ccccc2OC)nc1C. The molecule has 8 nitrogen and oxygen atoms in total. The van der Waals surface area contributed by atoms with Crippen LogP contribution in [-0.4, -0.2) is 42.0 Å². The van der Waals surface area contributed by atoms with Gasteiger partial charge in [0, 0.05) is 11.1 Å². The lowest BCUT2D eigenvalue weighted by Crippen LogP contribution is -2.29. The number of methoxy groups -OCH3 is 2. The minimum Gasteiger partial charge on any atom is -0.507 e. The van der Waals surface area contributed by atoms with E-state index in [1.807, 2.05) is 0 Å². The van der Waals surface area contributed by atoms with Gasteiger partial charge in [0.1, 0.15) is 22.4 Å². The maximum atomic E-state index is 13.2. The molecule has 1 fully saturated rings. The van der Waals surface area contributed by atoms with Crippen molar-refractivity contribution in [2.75, 3.05) is 19.1 Å². The first-order valence-corrected chi connectivity index (χ1v) is 10.8. The molecule has 1 aliphatic heterocycles. The molecule has 2 aromatic carbocycles. The van der Waals surface area contributed by atoms with Crippen molar-refractivity contribution in [2.45, 2.75) is 13.0 Å². The molecule has 3 aromatic rings. The number of hydrogen-bond acceptors (Lipinski definition) is 8. The normalized spacial score (nSPS) is 17.3. The number of thiazole rings is 1. The van der Waals surface area contributed by atoms with Gasteiger partial charge >= 0.3 is 11.9 Å². The van der Waals surface area contributed by atoms with Crippen LogP contribution < -0.4 is 9.64 Å². The molecule has 1 aliphatic rings. The van der Waals surface area contributed by atoms with Crippen LogP contribution in [0.15, 0.2) is 60.2 Å². The Hall–Kier alpha value is -3.98. The van der Waals surface area contributed by atoms with Gasteiger partial charge in [-0.3, -0.25) is 14.5 Å². The van der Waals surface area contributed by atoms with E-state index in [0.717, 1.165) is 11.3 Å². The lowest BCUT2D eigenvalue weighted by atomic mass is 9.95. The van der Waals surface area contributed by atoms with Crippen molar-refractivity contribution >= 4 is 39.9 Å². The maximum absolute atomic E-state index is 13.2. The van der Waals surface area contributed by atoms with E-state index in [2.05, 4.69) is 4.98 Å². The number of Topliss-reactive ketones (excluding diaryl/α,β-unsaturated/α-hetero) is 1. The lowest BCUT2D eigenvalue weighted by Gasteiger charge is -2.24.